The molecule has 1 fully saturated rings. The summed E-state index contributed by atoms with van der Waals surface area (Å²) in [6.45, 7) is 30.7. The molecule has 8 rings (SSSR count). The van der Waals surface area contributed by atoms with E-state index >= 15 is 0 Å². The summed E-state index contributed by atoms with van der Waals surface area (Å²) in [5.41, 5.74) is 4.16. The number of esters is 6. The smallest absolute Gasteiger partial charge is 0.349 e. The molecule has 1 heterocycles. The molecule has 30 heteroatoms. The molecule has 129 heavy (non-hydrogen) atoms. The van der Waals surface area contributed by atoms with Crippen LogP contribution >= 0.6 is 0 Å². The second-order valence-electron chi connectivity index (χ2n) is 29.1. The minimum Gasteiger partial charge on any atom is -0.460 e. The standard InChI is InChI=1S/C51H57N9O9.C48H54N6O6/c1-7-55(8-2)43-19-13-37(14-20-43)31-40(34-52)46(61)67-28-25-58-49(64)59(26-29-68-47(62)41(35-53)32-38-15-21-44(22-16-38)56(9-3)10-4)51(66)60(50(58)65)27-30-69-48(63)42(36-54)33-39-17-23-45(24-18-39)57(11-5)12-6;1-7-52(8-2)40-19-13-34(14-20-40)25-37(31-49)46(55)58-43-28-44(59-47(56)38(32-50)26-35-15-21-41(22-16-35)53(9-3)10-4)30-45(29-43)60-48(57)39(33-51)27-36-17-23-42(24-18-36)54(11-5)12-6/h13-24,31-33H,7-12,25-30H2,1-6H3;13-27,43-45H,7-12,28-30H2,1-6H3/b40-31+,41-32+,42-33+;37-25+,38-26+,39-27+. The molecule has 1 saturated carbocycles. The molecule has 30 nitrogen and oxygen atoms in total. The highest BCUT2D eigenvalue weighted by Gasteiger charge is 2.37. The Hall–Kier alpha value is -15.3. The summed E-state index contributed by atoms with van der Waals surface area (Å²) in [5.74, 6) is -5.80. The Morgan fingerprint density at radius 1 is 0.271 bits per heavy atom. The van der Waals surface area contributed by atoms with Crippen LogP contribution in [0.1, 0.15) is 136 Å². The number of ether oxygens (including phenoxy) is 6. The molecule has 0 atom stereocenters. The first kappa shape index (κ1) is 101. The Morgan fingerprint density at radius 3 is 0.558 bits per heavy atom. The molecule has 1 aromatic heterocycles. The van der Waals surface area contributed by atoms with Gasteiger partial charge in [0.25, 0.3) is 0 Å². The van der Waals surface area contributed by atoms with Gasteiger partial charge >= 0.3 is 52.9 Å². The van der Waals surface area contributed by atoms with Crippen molar-refractivity contribution in [1.29, 1.82) is 31.6 Å². The lowest BCUT2D eigenvalue weighted by molar-refractivity contribution is -0.164. The third-order valence-electron chi connectivity index (χ3n) is 21.5. The molecule has 0 N–H and O–H groups in total. The molecule has 0 unspecified atom stereocenters. The third-order valence-corrected chi connectivity index (χ3v) is 21.5. The first-order valence-electron chi connectivity index (χ1n) is 43.2. The molecule has 0 bridgehead atoms. The third kappa shape index (κ3) is 28.9. The number of hydrogen-bond acceptors (Lipinski definition) is 27. The molecule has 0 aliphatic heterocycles. The van der Waals surface area contributed by atoms with Gasteiger partial charge < -0.3 is 57.8 Å². The average Bonchev–Trinajstić information content (AvgIpc) is 0.780. The fraction of sp³-hybridized carbons (Fsp3) is 0.364. The van der Waals surface area contributed by atoms with Gasteiger partial charge in [0.2, 0.25) is 0 Å². The van der Waals surface area contributed by atoms with Crippen molar-refractivity contribution in [2.45, 2.75) is 140 Å². The van der Waals surface area contributed by atoms with Gasteiger partial charge in [-0.15, -0.1) is 0 Å². The molecule has 6 aromatic carbocycles. The molecule has 0 saturated heterocycles. The largest absolute Gasteiger partial charge is 0.460 e. The van der Waals surface area contributed by atoms with Crippen LogP contribution in [-0.2, 0) is 76.8 Å². The maximum absolute atomic E-state index is 13.8. The molecule has 0 amide bonds. The van der Waals surface area contributed by atoms with E-state index in [-0.39, 0.29) is 52.7 Å². The van der Waals surface area contributed by atoms with Gasteiger partial charge in [-0.2, -0.15) is 31.6 Å². The summed E-state index contributed by atoms with van der Waals surface area (Å²) in [7, 11) is 0. The van der Waals surface area contributed by atoms with E-state index in [1.807, 2.05) is 169 Å². The lowest BCUT2D eigenvalue weighted by Crippen LogP contribution is -2.55. The Labute approximate surface area is 753 Å². The van der Waals surface area contributed by atoms with Crippen LogP contribution in [-0.4, -0.2) is 166 Å². The highest BCUT2D eigenvalue weighted by molar-refractivity contribution is 6.01. The summed E-state index contributed by atoms with van der Waals surface area (Å²) >= 11 is 0. The van der Waals surface area contributed by atoms with E-state index in [9.17, 15) is 74.7 Å². The van der Waals surface area contributed by atoms with Crippen LogP contribution in [0.4, 0.5) is 34.1 Å². The number of anilines is 6. The predicted octanol–water partition coefficient (Wildman–Crippen LogP) is 13.4. The van der Waals surface area contributed by atoms with Crippen molar-refractivity contribution in [3.05, 3.63) is 244 Å². The van der Waals surface area contributed by atoms with Crippen LogP contribution in [0.5, 0.6) is 0 Å². The van der Waals surface area contributed by atoms with Crippen molar-refractivity contribution in [3.8, 4) is 36.4 Å². The van der Waals surface area contributed by atoms with Crippen LogP contribution in [0.3, 0.4) is 0 Å². The minimum atomic E-state index is -1.15. The normalized spacial score (nSPS) is 13.9. The van der Waals surface area contributed by atoms with E-state index in [1.165, 1.54) is 36.5 Å². The number of hydrogen-bond donors (Lipinski definition) is 0. The number of benzene rings is 6. The Kier molecular flexibility index (Phi) is 40.5. The monoisotopic (exact) mass is 1750 g/mol. The maximum atomic E-state index is 13.8. The highest BCUT2D eigenvalue weighted by atomic mass is 16.6. The van der Waals surface area contributed by atoms with Crippen LogP contribution in [0.15, 0.2) is 193 Å². The number of aromatic nitrogens is 3. The van der Waals surface area contributed by atoms with Crippen LogP contribution in [0.2, 0.25) is 0 Å². The van der Waals surface area contributed by atoms with Gasteiger partial charge in [-0.3, -0.25) is 0 Å². The molecular weight excluding hydrogens is 1640 g/mol. The molecule has 672 valence electrons. The van der Waals surface area contributed by atoms with Crippen molar-refractivity contribution in [2.75, 3.05) is 128 Å². The summed E-state index contributed by atoms with van der Waals surface area (Å²) in [4.78, 5) is 134. The highest BCUT2D eigenvalue weighted by Crippen LogP contribution is 2.31. The number of nitrogens with zero attached hydrogens (tertiary/aromatic N) is 15. The first-order valence-corrected chi connectivity index (χ1v) is 43.2. The van der Waals surface area contributed by atoms with E-state index in [4.69, 9.17) is 28.4 Å². The molecule has 7 aromatic rings. The van der Waals surface area contributed by atoms with Gasteiger partial charge in [0.1, 0.15) is 108 Å². The average molecular weight is 1750 g/mol. The zero-order valence-corrected chi connectivity index (χ0v) is 75.2. The van der Waals surface area contributed by atoms with Crippen molar-refractivity contribution in [2.24, 2.45) is 0 Å². The van der Waals surface area contributed by atoms with Crippen molar-refractivity contribution in [3.63, 3.8) is 0 Å². The molecule has 1 aliphatic rings. The van der Waals surface area contributed by atoms with Gasteiger partial charge in [0.05, 0.1) is 19.6 Å². The van der Waals surface area contributed by atoms with Gasteiger partial charge in [-0.05, 0) is 226 Å². The van der Waals surface area contributed by atoms with Gasteiger partial charge in [-0.25, -0.2) is 56.9 Å². The molecule has 0 radical (unpaired) electrons. The zero-order valence-electron chi connectivity index (χ0n) is 75.2. The van der Waals surface area contributed by atoms with E-state index < -0.39 is 111 Å². The van der Waals surface area contributed by atoms with Crippen molar-refractivity contribution >= 4 is 106 Å². The summed E-state index contributed by atoms with van der Waals surface area (Å²) in [6, 6.07) is 55.1. The number of carbonyl (C=O) groups is 6. The van der Waals surface area contributed by atoms with E-state index in [0.717, 1.165) is 113 Å². The SMILES string of the molecule is CCN(CC)c1ccc(/C=C(\C#N)C(=O)OC2CC(OC(=O)/C(C#N)=C/c3ccc(N(CC)CC)cc3)CC(OC(=O)/C(C#N)=C/c3ccc(N(CC)CC)cc3)C2)cc1.CCN(CC)c1ccc(/C=C(\C#N)C(=O)OCCn2c(=O)n(CCOC(=O)/C(C#N)=C/c3ccc(N(CC)CC)cc3)c(=O)n(CCOC(=O)/C(C#N)=C/c3ccc(N(CC)CC)cc3)c2=O)cc1. The first-order chi connectivity index (χ1) is 62.3. The van der Waals surface area contributed by atoms with E-state index in [1.54, 1.807) is 54.6 Å². The number of nitriles is 6. The number of carbonyl (C=O) groups excluding carboxylic acids is 6. The van der Waals surface area contributed by atoms with Gasteiger partial charge in [0, 0.05) is 132 Å². The fourth-order valence-electron chi connectivity index (χ4n) is 14.3. The number of rotatable bonds is 42. The van der Waals surface area contributed by atoms with E-state index in [0.29, 0.717) is 47.1 Å². The molecular formula is C99H111N15O15. The second-order valence-corrected chi connectivity index (χ2v) is 29.1. The minimum absolute atomic E-state index is 0.0138. The zero-order chi connectivity index (χ0) is 94.1. The van der Waals surface area contributed by atoms with Crippen LogP contribution in [0.25, 0.3) is 36.5 Å². The molecule has 1 aliphatic carbocycles. The van der Waals surface area contributed by atoms with Crippen molar-refractivity contribution < 1.29 is 57.2 Å². The summed E-state index contributed by atoms with van der Waals surface area (Å²) in [6.07, 6.45) is 5.50. The lowest BCUT2D eigenvalue weighted by atomic mass is 9.91. The predicted molar refractivity (Wildman–Crippen MR) is 497 cm³/mol. The van der Waals surface area contributed by atoms with Gasteiger partial charge in [-0.1, -0.05) is 72.8 Å². The summed E-state index contributed by atoms with van der Waals surface area (Å²) < 4.78 is 35.1. The second kappa shape index (κ2) is 51.9. The summed E-state index contributed by atoms with van der Waals surface area (Å²) in [5, 5.41) is 59.2. The van der Waals surface area contributed by atoms with Gasteiger partial charge in [0.15, 0.2) is 0 Å². The lowest BCUT2D eigenvalue weighted by Gasteiger charge is -2.33. The topological polar surface area (TPSA) is 386 Å². The Balaban J connectivity index is 0.000000357. The van der Waals surface area contributed by atoms with E-state index in [2.05, 4.69) is 70.9 Å². The quantitative estimate of drug-likeness (QED) is 0.0148. The van der Waals surface area contributed by atoms with Crippen LogP contribution in [0, 0.1) is 68.0 Å². The Bertz CT molecular complexity index is 5070. The molecule has 0 spiro atoms. The van der Waals surface area contributed by atoms with Crippen molar-refractivity contribution in [1.82, 2.24) is 13.7 Å². The fourth-order valence-corrected chi connectivity index (χ4v) is 14.3. The van der Waals surface area contributed by atoms with Crippen LogP contribution < -0.4 is 46.5 Å². The maximum Gasteiger partial charge on any atom is 0.349 e. The Morgan fingerprint density at radius 2 is 0.419 bits per heavy atom.